The summed E-state index contributed by atoms with van der Waals surface area (Å²) in [4.78, 5) is 3.12. The largest absolute Gasteiger partial charge is 0.388 e. The van der Waals surface area contributed by atoms with Crippen LogP contribution < -0.4 is 0 Å². The van der Waals surface area contributed by atoms with Crippen LogP contribution in [0, 0.1) is 6.57 Å². The third-order valence-corrected chi connectivity index (χ3v) is 0.632. The van der Waals surface area contributed by atoms with Crippen LogP contribution in [0.5, 0.6) is 0 Å². The molecular weight excluding hydrogens is 94.0 g/mol. The van der Waals surface area contributed by atoms with Crippen LogP contribution in [-0.2, 0) is 0 Å². The van der Waals surface area contributed by atoms with Crippen molar-refractivity contribution >= 4 is 0 Å². The van der Waals surface area contributed by atoms with Gasteiger partial charge in [-0.25, -0.2) is 0 Å². The van der Waals surface area contributed by atoms with E-state index in [1.54, 1.807) is 0 Å². The van der Waals surface area contributed by atoms with Crippen molar-refractivity contribution in [2.45, 2.75) is 6.04 Å². The summed E-state index contributed by atoms with van der Waals surface area (Å²) in [5.41, 5.74) is 0. The van der Waals surface area contributed by atoms with Crippen molar-refractivity contribution in [3.8, 4) is 6.57 Å². The Morgan fingerprint density at radius 1 is 1.43 bits per heavy atom. The normalized spacial score (nSPS) is 8.86. The second-order valence-electron chi connectivity index (χ2n) is 1.17. The fourth-order valence-corrected chi connectivity index (χ4v) is 0.152. The molecule has 0 unspecified atom stereocenters. The van der Waals surface area contributed by atoms with Gasteiger partial charge in [-0.15, -0.1) is 0 Å². The topological polar surface area (TPSA) is 44.8 Å². The number of rotatable bonds is 2. The van der Waals surface area contributed by atoms with Gasteiger partial charge in [0.1, 0.15) is 13.2 Å². The van der Waals surface area contributed by atoms with Gasteiger partial charge in [-0.05, 0) is 0 Å². The standard InChI is InChI=1S/C4H8NO2/c1-5-4(2-6)3-7/h1,4,6-7H,2-3H2/q+1. The SMILES string of the molecule is C#[N+]C(CO)CO. The van der Waals surface area contributed by atoms with Crippen LogP contribution in [0.25, 0.3) is 4.85 Å². The van der Waals surface area contributed by atoms with Crippen molar-refractivity contribution in [3.63, 3.8) is 0 Å². The Labute approximate surface area is 42.0 Å². The van der Waals surface area contributed by atoms with Crippen LogP contribution in [0.4, 0.5) is 0 Å². The van der Waals surface area contributed by atoms with Crippen LogP contribution in [0.15, 0.2) is 0 Å². The van der Waals surface area contributed by atoms with E-state index in [-0.39, 0.29) is 13.2 Å². The lowest BCUT2D eigenvalue weighted by Gasteiger charge is -1.85. The molecule has 0 aromatic carbocycles. The second-order valence-corrected chi connectivity index (χ2v) is 1.17. The number of nitrogens with zero attached hydrogens (tertiary/aromatic N) is 1. The van der Waals surface area contributed by atoms with E-state index < -0.39 is 6.04 Å². The highest BCUT2D eigenvalue weighted by molar-refractivity contribution is 4.79. The van der Waals surface area contributed by atoms with E-state index in [1.165, 1.54) is 0 Å². The molecule has 0 radical (unpaired) electrons. The molecule has 0 aliphatic rings. The fraction of sp³-hybridized carbons (Fsp3) is 0.750. The number of hydrogen-bond acceptors (Lipinski definition) is 2. The predicted octanol–water partition coefficient (Wildman–Crippen LogP) is -0.698. The minimum Gasteiger partial charge on any atom is -0.388 e. The summed E-state index contributed by atoms with van der Waals surface area (Å²) in [6.45, 7) is 4.32. The summed E-state index contributed by atoms with van der Waals surface area (Å²) in [5.74, 6) is 0. The summed E-state index contributed by atoms with van der Waals surface area (Å²) < 4.78 is 0. The van der Waals surface area contributed by atoms with Crippen LogP contribution in [0.2, 0.25) is 0 Å². The van der Waals surface area contributed by atoms with Gasteiger partial charge in [-0.1, -0.05) is 4.85 Å². The molecule has 0 saturated carbocycles. The van der Waals surface area contributed by atoms with Gasteiger partial charge in [0.15, 0.2) is 0 Å². The summed E-state index contributed by atoms with van der Waals surface area (Å²) >= 11 is 0. The molecule has 3 nitrogen and oxygen atoms in total. The maximum Gasteiger partial charge on any atom is 0.317 e. The van der Waals surface area contributed by atoms with E-state index in [1.807, 2.05) is 0 Å². The lowest BCUT2D eigenvalue weighted by atomic mass is 10.4. The molecule has 2 N–H and O–H groups in total. The van der Waals surface area contributed by atoms with Crippen LogP contribution in [0.1, 0.15) is 0 Å². The Morgan fingerprint density at radius 2 is 1.86 bits per heavy atom. The average Bonchev–Trinajstić information content (AvgIpc) is 1.72. The Bertz CT molecular complexity index is 72.2. The van der Waals surface area contributed by atoms with Gasteiger partial charge in [0.2, 0.25) is 0 Å². The molecule has 7 heavy (non-hydrogen) atoms. The zero-order valence-electron chi connectivity index (χ0n) is 3.91. The minimum atomic E-state index is -0.500. The van der Waals surface area contributed by atoms with Gasteiger partial charge >= 0.3 is 6.04 Å². The Balaban J connectivity index is 3.23. The average molecular weight is 102 g/mol. The summed E-state index contributed by atoms with van der Waals surface area (Å²) in [6, 6.07) is -0.500. The van der Waals surface area contributed by atoms with Crippen LogP contribution in [-0.4, -0.2) is 29.5 Å². The monoisotopic (exact) mass is 102 g/mol. The maximum absolute atomic E-state index is 8.19. The quantitative estimate of drug-likeness (QED) is 0.484. The lowest BCUT2D eigenvalue weighted by molar-refractivity contribution is 0.211. The number of aliphatic hydroxyl groups is 2. The Morgan fingerprint density at radius 3 is 1.86 bits per heavy atom. The van der Waals surface area contributed by atoms with Crippen molar-refractivity contribution < 1.29 is 10.2 Å². The Hall–Kier alpha value is -0.590. The van der Waals surface area contributed by atoms with Crippen molar-refractivity contribution in [1.82, 2.24) is 0 Å². The molecule has 0 bridgehead atoms. The zero-order valence-corrected chi connectivity index (χ0v) is 3.91. The first-order valence-electron chi connectivity index (χ1n) is 1.97. The predicted molar refractivity (Wildman–Crippen MR) is 26.3 cm³/mol. The molecule has 0 aromatic rings. The third kappa shape index (κ3) is 2.15. The van der Waals surface area contributed by atoms with Gasteiger partial charge in [0.25, 0.3) is 6.57 Å². The molecular formula is C4H8NO2+. The molecule has 0 spiro atoms. The molecule has 40 valence electrons. The van der Waals surface area contributed by atoms with Gasteiger partial charge < -0.3 is 10.2 Å². The van der Waals surface area contributed by atoms with Gasteiger partial charge in [0, 0.05) is 0 Å². The van der Waals surface area contributed by atoms with E-state index in [2.05, 4.69) is 4.85 Å². The van der Waals surface area contributed by atoms with Crippen molar-refractivity contribution in [2.24, 2.45) is 0 Å². The highest BCUT2D eigenvalue weighted by atomic mass is 16.3. The molecule has 0 fully saturated rings. The molecule has 0 aromatic heterocycles. The summed E-state index contributed by atoms with van der Waals surface area (Å²) in [6.07, 6.45) is 0. The molecule has 3 heteroatoms. The third-order valence-electron chi connectivity index (χ3n) is 0.632. The Kier molecular flexibility index (Phi) is 3.29. The van der Waals surface area contributed by atoms with Crippen molar-refractivity contribution in [1.29, 1.82) is 0 Å². The number of hydrogen-bond donors (Lipinski definition) is 2. The van der Waals surface area contributed by atoms with Crippen LogP contribution in [0.3, 0.4) is 0 Å². The fourth-order valence-electron chi connectivity index (χ4n) is 0.152. The molecule has 0 heterocycles. The summed E-state index contributed by atoms with van der Waals surface area (Å²) in [7, 11) is 0. The first-order valence-corrected chi connectivity index (χ1v) is 1.97. The lowest BCUT2D eigenvalue weighted by Crippen LogP contribution is -2.11. The molecule has 0 atom stereocenters. The van der Waals surface area contributed by atoms with E-state index in [0.717, 1.165) is 0 Å². The molecule has 0 aliphatic carbocycles. The molecule has 0 saturated heterocycles. The van der Waals surface area contributed by atoms with E-state index in [9.17, 15) is 0 Å². The maximum atomic E-state index is 8.19. The smallest absolute Gasteiger partial charge is 0.317 e. The van der Waals surface area contributed by atoms with Crippen molar-refractivity contribution in [3.05, 3.63) is 4.85 Å². The minimum absolute atomic E-state index is 0.188. The van der Waals surface area contributed by atoms with Gasteiger partial charge in [0.05, 0.1) is 0 Å². The van der Waals surface area contributed by atoms with E-state index >= 15 is 0 Å². The van der Waals surface area contributed by atoms with E-state index in [0.29, 0.717) is 0 Å². The van der Waals surface area contributed by atoms with Crippen molar-refractivity contribution in [2.75, 3.05) is 13.2 Å². The molecule has 0 amide bonds. The molecule has 0 aliphatic heterocycles. The van der Waals surface area contributed by atoms with Gasteiger partial charge in [-0.2, -0.15) is 0 Å². The molecule has 0 rings (SSSR count). The van der Waals surface area contributed by atoms with Gasteiger partial charge in [-0.3, -0.25) is 0 Å². The van der Waals surface area contributed by atoms with E-state index in [4.69, 9.17) is 16.8 Å². The highest BCUT2D eigenvalue weighted by Crippen LogP contribution is 1.83. The highest BCUT2D eigenvalue weighted by Gasteiger charge is 2.10. The first-order chi connectivity index (χ1) is 3.35. The zero-order chi connectivity index (χ0) is 5.70. The first kappa shape index (κ1) is 6.41. The number of aliphatic hydroxyl groups excluding tert-OH is 2. The summed E-state index contributed by atoms with van der Waals surface area (Å²) in [5, 5.41) is 16.4. The van der Waals surface area contributed by atoms with Crippen LogP contribution >= 0.6 is 0 Å². The second kappa shape index (κ2) is 3.59.